The number of benzene rings is 1. The average Bonchev–Trinajstić information content (AvgIpc) is 2.68. The number of nitrogens with zero attached hydrogens (tertiary/aromatic N) is 1. The van der Waals surface area contributed by atoms with E-state index in [2.05, 4.69) is 4.74 Å². The standard InChI is InChI=1S/C21H29NO4S3/c1-16-8-10-19(11-9-16)29(24,25)22-17(2)14-21(27-12-5-13-28-21)15-18(22)6-4-7-20(23)26-3/h4,7-11,17-18H,5-6,12-15H2,1-3H3/b7-4+/t17-,18+/m1/s1. The molecule has 5 nitrogen and oxygen atoms in total. The summed E-state index contributed by atoms with van der Waals surface area (Å²) in [6, 6.07) is 6.75. The Bertz CT molecular complexity index is 845. The first-order valence-corrected chi connectivity index (χ1v) is 13.3. The smallest absolute Gasteiger partial charge is 0.330 e. The average molecular weight is 456 g/mol. The molecule has 2 saturated heterocycles. The fourth-order valence-electron chi connectivity index (χ4n) is 4.13. The van der Waals surface area contributed by atoms with Crippen LogP contribution in [-0.2, 0) is 19.6 Å². The number of hydrogen-bond donors (Lipinski definition) is 0. The van der Waals surface area contributed by atoms with Crippen molar-refractivity contribution in [1.82, 2.24) is 4.31 Å². The van der Waals surface area contributed by atoms with E-state index in [1.54, 1.807) is 22.5 Å². The molecule has 0 N–H and O–H groups in total. The first kappa shape index (κ1) is 22.7. The van der Waals surface area contributed by atoms with Crippen LogP contribution in [0.1, 0.15) is 38.2 Å². The number of carbonyl (C=O) groups excluding carboxylic acids is 1. The molecule has 1 aromatic rings. The van der Waals surface area contributed by atoms with E-state index in [4.69, 9.17) is 0 Å². The van der Waals surface area contributed by atoms with Gasteiger partial charge in [0.05, 0.1) is 16.1 Å². The third-order valence-electron chi connectivity index (χ3n) is 5.43. The third-order valence-corrected chi connectivity index (χ3v) is 10.9. The second kappa shape index (κ2) is 9.45. The summed E-state index contributed by atoms with van der Waals surface area (Å²) >= 11 is 3.95. The summed E-state index contributed by atoms with van der Waals surface area (Å²) in [5, 5.41) is 0. The van der Waals surface area contributed by atoms with Gasteiger partial charge in [-0.25, -0.2) is 13.2 Å². The molecule has 0 radical (unpaired) electrons. The molecule has 2 aliphatic rings. The number of aryl methyl sites for hydroxylation is 1. The van der Waals surface area contributed by atoms with Crippen LogP contribution in [0.2, 0.25) is 0 Å². The normalized spacial score (nSPS) is 25.3. The summed E-state index contributed by atoms with van der Waals surface area (Å²) in [4.78, 5) is 11.8. The largest absolute Gasteiger partial charge is 0.466 e. The molecule has 2 atom stereocenters. The van der Waals surface area contributed by atoms with Crippen LogP contribution in [0.4, 0.5) is 0 Å². The molecule has 0 aliphatic carbocycles. The lowest BCUT2D eigenvalue weighted by Gasteiger charge is -2.50. The van der Waals surface area contributed by atoms with E-state index in [1.807, 2.05) is 49.5 Å². The van der Waals surface area contributed by atoms with E-state index < -0.39 is 16.0 Å². The van der Waals surface area contributed by atoms with Gasteiger partial charge < -0.3 is 4.74 Å². The third kappa shape index (κ3) is 5.21. The highest BCUT2D eigenvalue weighted by molar-refractivity contribution is 8.18. The monoisotopic (exact) mass is 455 g/mol. The molecule has 8 heteroatoms. The molecule has 0 aromatic heterocycles. The highest BCUT2D eigenvalue weighted by atomic mass is 32.2. The Morgan fingerprint density at radius 1 is 1.24 bits per heavy atom. The Kier molecular flexibility index (Phi) is 7.41. The van der Waals surface area contributed by atoms with Crippen LogP contribution >= 0.6 is 23.5 Å². The summed E-state index contributed by atoms with van der Waals surface area (Å²) in [6.07, 6.45) is 6.45. The SMILES string of the molecule is COC(=O)/C=C/C[C@H]1CC2(C[C@@H](C)N1S(=O)(=O)c1ccc(C)cc1)SCCCS2. The lowest BCUT2D eigenvalue weighted by Crippen LogP contribution is -2.55. The van der Waals surface area contributed by atoms with Gasteiger partial charge in [-0.3, -0.25) is 0 Å². The van der Waals surface area contributed by atoms with Crippen LogP contribution in [0.15, 0.2) is 41.3 Å². The van der Waals surface area contributed by atoms with Gasteiger partial charge in [0.15, 0.2) is 0 Å². The first-order chi connectivity index (χ1) is 13.8. The molecule has 160 valence electrons. The van der Waals surface area contributed by atoms with Gasteiger partial charge in [-0.2, -0.15) is 4.31 Å². The first-order valence-electron chi connectivity index (χ1n) is 9.90. The maximum absolute atomic E-state index is 13.5. The minimum absolute atomic E-state index is 0.0563. The van der Waals surface area contributed by atoms with Gasteiger partial charge in [-0.15, -0.1) is 23.5 Å². The van der Waals surface area contributed by atoms with E-state index in [0.717, 1.165) is 29.9 Å². The Labute approximate surface area is 182 Å². The van der Waals surface area contributed by atoms with Crippen molar-refractivity contribution < 1.29 is 17.9 Å². The second-order valence-corrected chi connectivity index (χ2v) is 12.7. The van der Waals surface area contributed by atoms with Gasteiger partial charge in [-0.05, 0) is 63.2 Å². The van der Waals surface area contributed by atoms with E-state index in [1.165, 1.54) is 19.6 Å². The molecule has 29 heavy (non-hydrogen) atoms. The van der Waals surface area contributed by atoms with Gasteiger partial charge in [-0.1, -0.05) is 23.8 Å². The maximum atomic E-state index is 13.5. The summed E-state index contributed by atoms with van der Waals surface area (Å²) in [5.41, 5.74) is 1.03. The van der Waals surface area contributed by atoms with E-state index in [0.29, 0.717) is 11.3 Å². The second-order valence-electron chi connectivity index (χ2n) is 7.68. The Hall–Kier alpha value is -0.960. The van der Waals surface area contributed by atoms with E-state index >= 15 is 0 Å². The van der Waals surface area contributed by atoms with Crippen LogP contribution < -0.4 is 0 Å². The molecule has 0 unspecified atom stereocenters. The Morgan fingerprint density at radius 2 is 1.90 bits per heavy atom. The Morgan fingerprint density at radius 3 is 2.52 bits per heavy atom. The van der Waals surface area contributed by atoms with Crippen molar-refractivity contribution in [3.63, 3.8) is 0 Å². The van der Waals surface area contributed by atoms with E-state index in [-0.39, 0.29) is 16.2 Å². The summed E-state index contributed by atoms with van der Waals surface area (Å²) < 4.78 is 33.5. The van der Waals surface area contributed by atoms with Crippen LogP contribution in [0.25, 0.3) is 0 Å². The number of esters is 1. The van der Waals surface area contributed by atoms with Crippen LogP contribution in [0.5, 0.6) is 0 Å². The molecule has 2 aliphatic heterocycles. The molecule has 0 amide bonds. The van der Waals surface area contributed by atoms with Gasteiger partial charge in [0.25, 0.3) is 0 Å². The predicted octanol–water partition coefficient (Wildman–Crippen LogP) is 4.22. The topological polar surface area (TPSA) is 63.7 Å². The number of ether oxygens (including phenoxy) is 1. The number of methoxy groups -OCH3 is 1. The van der Waals surface area contributed by atoms with Crippen LogP contribution in [0, 0.1) is 6.92 Å². The van der Waals surface area contributed by atoms with Crippen LogP contribution in [-0.4, -0.2) is 53.5 Å². The zero-order chi connectivity index (χ0) is 21.1. The van der Waals surface area contributed by atoms with E-state index in [9.17, 15) is 13.2 Å². The summed E-state index contributed by atoms with van der Waals surface area (Å²) in [6.45, 7) is 3.96. The molecule has 3 rings (SSSR count). The number of sulfonamides is 1. The van der Waals surface area contributed by atoms with Crippen molar-refractivity contribution in [2.45, 2.75) is 60.6 Å². The lowest BCUT2D eigenvalue weighted by atomic mass is 9.96. The van der Waals surface area contributed by atoms with Gasteiger partial charge in [0, 0.05) is 18.2 Å². The molecular formula is C21H29NO4S3. The fraction of sp³-hybridized carbons (Fsp3) is 0.571. The quantitative estimate of drug-likeness (QED) is 0.489. The highest BCUT2D eigenvalue weighted by Crippen LogP contribution is 2.53. The number of hydrogen-bond acceptors (Lipinski definition) is 6. The summed E-state index contributed by atoms with van der Waals surface area (Å²) in [5.74, 6) is 1.82. The van der Waals surface area contributed by atoms with Crippen LogP contribution in [0.3, 0.4) is 0 Å². The maximum Gasteiger partial charge on any atom is 0.330 e. The van der Waals surface area contributed by atoms with Gasteiger partial charge >= 0.3 is 5.97 Å². The van der Waals surface area contributed by atoms with Crippen molar-refractivity contribution in [2.75, 3.05) is 18.6 Å². The molecule has 2 heterocycles. The van der Waals surface area contributed by atoms with Crippen molar-refractivity contribution in [3.05, 3.63) is 42.0 Å². The number of thioether (sulfide) groups is 2. The zero-order valence-electron chi connectivity index (χ0n) is 17.2. The molecule has 0 bridgehead atoms. The lowest BCUT2D eigenvalue weighted by molar-refractivity contribution is -0.134. The molecule has 1 aromatic carbocycles. The molecule has 2 fully saturated rings. The number of carbonyl (C=O) groups is 1. The van der Waals surface area contributed by atoms with Crippen molar-refractivity contribution in [1.29, 1.82) is 0 Å². The van der Waals surface area contributed by atoms with Crippen molar-refractivity contribution >= 4 is 39.5 Å². The number of rotatable bonds is 5. The molecular weight excluding hydrogens is 426 g/mol. The predicted molar refractivity (Wildman–Crippen MR) is 121 cm³/mol. The summed E-state index contributed by atoms with van der Waals surface area (Å²) in [7, 11) is -2.28. The van der Waals surface area contributed by atoms with Crippen molar-refractivity contribution in [3.8, 4) is 0 Å². The van der Waals surface area contributed by atoms with Gasteiger partial charge in [0.2, 0.25) is 10.0 Å². The Balaban J connectivity index is 1.92. The molecule has 0 saturated carbocycles. The zero-order valence-corrected chi connectivity index (χ0v) is 19.6. The minimum atomic E-state index is -3.62. The minimum Gasteiger partial charge on any atom is -0.466 e. The fourth-order valence-corrected chi connectivity index (χ4v) is 9.63. The van der Waals surface area contributed by atoms with Crippen molar-refractivity contribution in [2.24, 2.45) is 0 Å². The number of piperidine rings is 1. The highest BCUT2D eigenvalue weighted by Gasteiger charge is 2.48. The van der Waals surface area contributed by atoms with Gasteiger partial charge in [0.1, 0.15) is 0 Å². The molecule has 1 spiro atoms.